The smallest absolute Gasteiger partial charge is 0.166 e. The van der Waals surface area contributed by atoms with Crippen LogP contribution in [0.1, 0.15) is 5.56 Å². The van der Waals surface area contributed by atoms with Gasteiger partial charge in [0, 0.05) is 49.5 Å². The van der Waals surface area contributed by atoms with Gasteiger partial charge in [-0.05, 0) is 72.1 Å². The van der Waals surface area contributed by atoms with Gasteiger partial charge < -0.3 is 9.13 Å². The zero-order chi connectivity index (χ0) is 41.9. The van der Waals surface area contributed by atoms with Crippen LogP contribution in [0, 0.1) is 6.92 Å². The molecule has 5 heteroatoms. The Hall–Kier alpha value is -8.41. The fourth-order valence-corrected chi connectivity index (χ4v) is 9.26. The number of aryl methyl sites for hydroxylation is 1. The summed E-state index contributed by atoms with van der Waals surface area (Å²) in [5.74, 6) is 1.83. The Labute approximate surface area is 364 Å². The highest BCUT2D eigenvalue weighted by Gasteiger charge is 2.23. The van der Waals surface area contributed by atoms with Crippen molar-refractivity contribution in [2.45, 2.75) is 6.92 Å². The second-order valence-electron chi connectivity index (χ2n) is 16.1. The normalized spacial score (nSPS) is 11.6. The van der Waals surface area contributed by atoms with Crippen molar-refractivity contribution < 1.29 is 0 Å². The second-order valence-corrected chi connectivity index (χ2v) is 16.1. The maximum Gasteiger partial charge on any atom is 0.166 e. The molecular formula is C58H39N5. The Bertz CT molecular complexity index is 3600. The number of aromatic nitrogens is 5. The molecule has 3 heterocycles. The lowest BCUT2D eigenvalue weighted by molar-refractivity contribution is 1.06. The summed E-state index contributed by atoms with van der Waals surface area (Å²) in [4.78, 5) is 15.8. The van der Waals surface area contributed by atoms with Crippen molar-refractivity contribution in [1.82, 2.24) is 24.1 Å². The Morgan fingerprint density at radius 3 is 1.52 bits per heavy atom. The summed E-state index contributed by atoms with van der Waals surface area (Å²) in [6, 6.07) is 77.5. The molecule has 0 radical (unpaired) electrons. The van der Waals surface area contributed by atoms with Gasteiger partial charge in [-0.3, -0.25) is 0 Å². The van der Waals surface area contributed by atoms with Crippen LogP contribution >= 0.6 is 0 Å². The topological polar surface area (TPSA) is 48.5 Å². The Morgan fingerprint density at radius 1 is 0.317 bits per heavy atom. The van der Waals surface area contributed by atoms with Crippen molar-refractivity contribution in [3.63, 3.8) is 0 Å². The molecule has 0 saturated heterocycles. The van der Waals surface area contributed by atoms with Gasteiger partial charge in [-0.15, -0.1) is 0 Å². The third kappa shape index (κ3) is 6.21. The van der Waals surface area contributed by atoms with E-state index in [1.54, 1.807) is 0 Å². The first-order chi connectivity index (χ1) is 31.2. The Balaban J connectivity index is 1.17. The van der Waals surface area contributed by atoms with Gasteiger partial charge in [-0.1, -0.05) is 175 Å². The van der Waals surface area contributed by atoms with E-state index < -0.39 is 0 Å². The number of hydrogen-bond donors (Lipinski definition) is 0. The van der Waals surface area contributed by atoms with E-state index in [2.05, 4.69) is 198 Å². The summed E-state index contributed by atoms with van der Waals surface area (Å²) in [6.07, 6.45) is 0. The van der Waals surface area contributed by atoms with E-state index in [9.17, 15) is 0 Å². The lowest BCUT2D eigenvalue weighted by Gasteiger charge is -2.17. The van der Waals surface area contributed by atoms with Crippen molar-refractivity contribution >= 4 is 43.6 Å². The van der Waals surface area contributed by atoms with Crippen LogP contribution in [0.15, 0.2) is 218 Å². The highest BCUT2D eigenvalue weighted by atomic mass is 15.1. The number of fused-ring (bicyclic) bond motifs is 6. The van der Waals surface area contributed by atoms with E-state index in [0.717, 1.165) is 61.3 Å². The molecule has 3 aromatic heterocycles. The number of para-hydroxylation sites is 4. The van der Waals surface area contributed by atoms with Crippen LogP contribution in [0.25, 0.3) is 111 Å². The minimum atomic E-state index is 0.595. The van der Waals surface area contributed by atoms with Gasteiger partial charge in [0.05, 0.1) is 27.8 Å². The maximum absolute atomic E-state index is 5.35. The van der Waals surface area contributed by atoms with Crippen LogP contribution in [0.5, 0.6) is 0 Å². The quantitative estimate of drug-likeness (QED) is 0.161. The summed E-state index contributed by atoms with van der Waals surface area (Å²) in [6.45, 7) is 2.13. The molecule has 12 rings (SSSR count). The largest absolute Gasteiger partial charge is 0.309 e. The predicted molar refractivity (Wildman–Crippen MR) is 260 cm³/mol. The molecule has 0 saturated carbocycles. The first-order valence-electron chi connectivity index (χ1n) is 21.4. The zero-order valence-corrected chi connectivity index (χ0v) is 34.5. The molecule has 9 aromatic carbocycles. The molecule has 5 nitrogen and oxygen atoms in total. The number of nitrogens with zero attached hydrogens (tertiary/aromatic N) is 5. The van der Waals surface area contributed by atoms with Gasteiger partial charge in [-0.2, -0.15) is 0 Å². The molecule has 63 heavy (non-hydrogen) atoms. The van der Waals surface area contributed by atoms with Crippen LogP contribution in [0.2, 0.25) is 0 Å². The third-order valence-corrected chi connectivity index (χ3v) is 12.3. The summed E-state index contributed by atoms with van der Waals surface area (Å²) < 4.78 is 4.79. The van der Waals surface area contributed by atoms with Crippen molar-refractivity contribution in [1.29, 1.82) is 0 Å². The molecule has 0 spiro atoms. The molecule has 0 fully saturated rings. The fraction of sp³-hybridized carbons (Fsp3) is 0.0172. The van der Waals surface area contributed by atoms with Crippen LogP contribution in [-0.2, 0) is 0 Å². The van der Waals surface area contributed by atoms with Crippen molar-refractivity contribution in [2.75, 3.05) is 0 Å². The second kappa shape index (κ2) is 14.9. The van der Waals surface area contributed by atoms with E-state index in [1.807, 2.05) is 36.4 Å². The average Bonchev–Trinajstić information content (AvgIpc) is 3.87. The number of rotatable bonds is 7. The molecule has 12 aromatic rings. The lowest BCUT2D eigenvalue weighted by Crippen LogP contribution is -2.04. The van der Waals surface area contributed by atoms with E-state index in [0.29, 0.717) is 17.5 Å². The fourth-order valence-electron chi connectivity index (χ4n) is 9.26. The van der Waals surface area contributed by atoms with Crippen molar-refractivity contribution in [3.8, 4) is 67.8 Å². The molecule has 0 amide bonds. The first-order valence-corrected chi connectivity index (χ1v) is 21.4. The van der Waals surface area contributed by atoms with E-state index in [4.69, 9.17) is 15.0 Å². The van der Waals surface area contributed by atoms with Gasteiger partial charge in [-0.25, -0.2) is 15.0 Å². The summed E-state index contributed by atoms with van der Waals surface area (Å²) in [7, 11) is 0. The van der Waals surface area contributed by atoms with Gasteiger partial charge in [0.15, 0.2) is 17.5 Å². The summed E-state index contributed by atoms with van der Waals surface area (Å²) in [5.41, 5.74) is 15.2. The van der Waals surface area contributed by atoms with Crippen LogP contribution in [0.4, 0.5) is 0 Å². The van der Waals surface area contributed by atoms with Gasteiger partial charge in [0.25, 0.3) is 0 Å². The molecule has 0 aliphatic carbocycles. The summed E-state index contributed by atoms with van der Waals surface area (Å²) in [5, 5.41) is 4.77. The number of hydrogen-bond acceptors (Lipinski definition) is 3. The van der Waals surface area contributed by atoms with Gasteiger partial charge >= 0.3 is 0 Å². The minimum absolute atomic E-state index is 0.595. The zero-order valence-electron chi connectivity index (χ0n) is 34.5. The Morgan fingerprint density at radius 2 is 0.841 bits per heavy atom. The molecule has 0 N–H and O–H groups in total. The first kappa shape index (κ1) is 36.4. The maximum atomic E-state index is 5.35. The van der Waals surface area contributed by atoms with Gasteiger partial charge in [0.1, 0.15) is 0 Å². The van der Waals surface area contributed by atoms with Crippen LogP contribution < -0.4 is 0 Å². The van der Waals surface area contributed by atoms with Gasteiger partial charge in [0.2, 0.25) is 0 Å². The molecule has 296 valence electrons. The highest BCUT2D eigenvalue weighted by molar-refractivity contribution is 6.14. The third-order valence-electron chi connectivity index (χ3n) is 12.3. The minimum Gasteiger partial charge on any atom is -0.309 e. The predicted octanol–water partition coefficient (Wildman–Crippen LogP) is 14.7. The highest BCUT2D eigenvalue weighted by Crippen LogP contribution is 2.42. The van der Waals surface area contributed by atoms with Crippen LogP contribution in [0.3, 0.4) is 0 Å². The van der Waals surface area contributed by atoms with E-state index in [1.165, 1.54) is 38.2 Å². The molecule has 0 atom stereocenters. The van der Waals surface area contributed by atoms with Crippen molar-refractivity contribution in [2.24, 2.45) is 0 Å². The molecule has 0 bridgehead atoms. The molecule has 0 aliphatic rings. The lowest BCUT2D eigenvalue weighted by atomic mass is 9.98. The monoisotopic (exact) mass is 805 g/mol. The molecule has 0 unspecified atom stereocenters. The molecular weight excluding hydrogens is 767 g/mol. The average molecular weight is 806 g/mol. The van der Waals surface area contributed by atoms with E-state index >= 15 is 0 Å². The van der Waals surface area contributed by atoms with Crippen LogP contribution in [-0.4, -0.2) is 24.1 Å². The summed E-state index contributed by atoms with van der Waals surface area (Å²) >= 11 is 0. The standard InChI is InChI=1S/C58H39N5/c1-38-28-30-39(31-29-38)42-32-34-53-49(36-42)47-23-12-14-27-52(47)63(53)54-35-33-43(45-24-15-25-48-46-22-11-13-26-51(46)62(55(45)48)44-20-9-4-10-21-44)37-50(54)58-60-56(40-16-5-2-6-17-40)59-57(61-58)41-18-7-3-8-19-41/h2-37H,1H3. The Kier molecular flexibility index (Phi) is 8.64. The number of benzene rings is 9. The molecule has 0 aliphatic heterocycles. The van der Waals surface area contributed by atoms with Crippen molar-refractivity contribution in [3.05, 3.63) is 224 Å². The van der Waals surface area contributed by atoms with E-state index in [-0.39, 0.29) is 0 Å². The SMILES string of the molecule is Cc1ccc(-c2ccc3c(c2)c2ccccc2n3-c2ccc(-c3cccc4c5ccccc5n(-c5ccccc5)c34)cc2-c2nc(-c3ccccc3)nc(-c3ccccc3)n2)cc1.